The largest absolute Gasteiger partial charge is 0.480 e. The number of aliphatic carboxylic acids is 1. The third-order valence-electron chi connectivity index (χ3n) is 3.43. The lowest BCUT2D eigenvalue weighted by Crippen LogP contribution is -2.45. The minimum Gasteiger partial charge on any atom is -0.480 e. The van der Waals surface area contributed by atoms with Crippen molar-refractivity contribution in [3.63, 3.8) is 0 Å². The van der Waals surface area contributed by atoms with Crippen molar-refractivity contribution in [1.82, 2.24) is 5.32 Å². The van der Waals surface area contributed by atoms with E-state index in [0.717, 1.165) is 19.3 Å². The number of carboxylic acids is 1. The Kier molecular flexibility index (Phi) is 6.80. The van der Waals surface area contributed by atoms with Crippen LogP contribution in [0, 0.1) is 5.92 Å². The van der Waals surface area contributed by atoms with Gasteiger partial charge in [0.2, 0.25) is 5.91 Å². The van der Waals surface area contributed by atoms with Crippen molar-refractivity contribution in [2.24, 2.45) is 5.92 Å². The lowest BCUT2D eigenvalue weighted by Gasteiger charge is -2.28. The van der Waals surface area contributed by atoms with Crippen molar-refractivity contribution >= 4 is 11.9 Å². The molecule has 0 radical (unpaired) electrons. The van der Waals surface area contributed by atoms with Gasteiger partial charge < -0.3 is 19.9 Å². The topological polar surface area (TPSA) is 84.9 Å². The highest BCUT2D eigenvalue weighted by atomic mass is 16.5. The van der Waals surface area contributed by atoms with E-state index in [1.165, 1.54) is 13.5 Å². The molecule has 0 aromatic carbocycles. The van der Waals surface area contributed by atoms with Crippen LogP contribution in [0.15, 0.2) is 0 Å². The van der Waals surface area contributed by atoms with Gasteiger partial charge in [0, 0.05) is 7.11 Å². The van der Waals surface area contributed by atoms with Gasteiger partial charge in [0.15, 0.2) is 6.04 Å². The van der Waals surface area contributed by atoms with Crippen LogP contribution in [-0.2, 0) is 19.1 Å². The van der Waals surface area contributed by atoms with Crippen LogP contribution in [0.25, 0.3) is 0 Å². The summed E-state index contributed by atoms with van der Waals surface area (Å²) in [6, 6.07) is -1.02. The quantitative estimate of drug-likeness (QED) is 0.716. The molecular weight excluding hydrogens is 250 g/mol. The first-order valence-electron chi connectivity index (χ1n) is 6.67. The molecule has 6 heteroatoms. The van der Waals surface area contributed by atoms with Crippen molar-refractivity contribution in [3.05, 3.63) is 0 Å². The summed E-state index contributed by atoms with van der Waals surface area (Å²) in [6.45, 7) is 1.97. The van der Waals surface area contributed by atoms with Crippen molar-refractivity contribution in [3.8, 4) is 0 Å². The standard InChI is InChI=1S/C13H23NO5/c1-9-5-3-4-6-11(9)19-8-12(15)14-10(7-18-2)13(16)17/h9-11H,3-8H2,1-2H3,(H,14,15)(H,16,17). The fourth-order valence-corrected chi connectivity index (χ4v) is 2.29. The summed E-state index contributed by atoms with van der Waals surface area (Å²) in [5, 5.41) is 11.3. The SMILES string of the molecule is COCC(NC(=O)COC1CCCCC1C)C(=O)O. The summed E-state index contributed by atoms with van der Waals surface area (Å²) >= 11 is 0. The molecule has 0 bridgehead atoms. The molecule has 2 N–H and O–H groups in total. The average Bonchev–Trinajstić information content (AvgIpc) is 2.37. The highest BCUT2D eigenvalue weighted by Gasteiger charge is 2.24. The van der Waals surface area contributed by atoms with Gasteiger partial charge in [-0.1, -0.05) is 19.8 Å². The molecule has 0 saturated heterocycles. The van der Waals surface area contributed by atoms with E-state index in [-0.39, 0.29) is 19.3 Å². The molecule has 0 aromatic heterocycles. The summed E-state index contributed by atoms with van der Waals surface area (Å²) in [7, 11) is 1.39. The van der Waals surface area contributed by atoms with E-state index in [1.807, 2.05) is 0 Å². The van der Waals surface area contributed by atoms with E-state index in [0.29, 0.717) is 5.92 Å². The van der Waals surface area contributed by atoms with Crippen LogP contribution in [0.3, 0.4) is 0 Å². The van der Waals surface area contributed by atoms with Crippen LogP contribution in [0.4, 0.5) is 0 Å². The Bertz CT molecular complexity index is 307. The first-order valence-corrected chi connectivity index (χ1v) is 6.67. The maximum Gasteiger partial charge on any atom is 0.328 e. The molecule has 110 valence electrons. The van der Waals surface area contributed by atoms with Gasteiger partial charge in [-0.3, -0.25) is 4.79 Å². The van der Waals surface area contributed by atoms with Crippen molar-refractivity contribution in [1.29, 1.82) is 0 Å². The molecule has 3 unspecified atom stereocenters. The number of hydrogen-bond acceptors (Lipinski definition) is 4. The number of amides is 1. The smallest absolute Gasteiger partial charge is 0.328 e. The molecular formula is C13H23NO5. The summed E-state index contributed by atoms with van der Waals surface area (Å²) < 4.78 is 10.3. The van der Waals surface area contributed by atoms with Crippen LogP contribution in [-0.4, -0.2) is 49.5 Å². The lowest BCUT2D eigenvalue weighted by molar-refractivity contribution is -0.144. The number of carbonyl (C=O) groups excluding carboxylic acids is 1. The third-order valence-corrected chi connectivity index (χ3v) is 3.43. The number of methoxy groups -OCH3 is 1. The van der Waals surface area contributed by atoms with Crippen LogP contribution in [0.1, 0.15) is 32.6 Å². The molecule has 1 rings (SSSR count). The molecule has 1 fully saturated rings. The molecule has 6 nitrogen and oxygen atoms in total. The predicted octanol–water partition coefficient (Wildman–Crippen LogP) is 0.798. The zero-order valence-electron chi connectivity index (χ0n) is 11.6. The zero-order chi connectivity index (χ0) is 14.3. The van der Waals surface area contributed by atoms with Crippen LogP contribution in [0.5, 0.6) is 0 Å². The molecule has 0 spiro atoms. The summed E-state index contributed by atoms with van der Waals surface area (Å²) in [6.07, 6.45) is 4.52. The second-order valence-electron chi connectivity index (χ2n) is 5.02. The van der Waals surface area contributed by atoms with Gasteiger partial charge in [-0.05, 0) is 18.8 Å². The Morgan fingerprint density at radius 1 is 1.37 bits per heavy atom. The second kappa shape index (κ2) is 8.12. The maximum atomic E-state index is 11.6. The average molecular weight is 273 g/mol. The van der Waals surface area contributed by atoms with Gasteiger partial charge in [0.05, 0.1) is 12.7 Å². The summed E-state index contributed by atoms with van der Waals surface area (Å²) in [4.78, 5) is 22.5. The molecule has 1 aliphatic rings. The first-order chi connectivity index (χ1) is 9.04. The van der Waals surface area contributed by atoms with E-state index >= 15 is 0 Å². The lowest BCUT2D eigenvalue weighted by atomic mass is 9.88. The molecule has 0 aromatic rings. The van der Waals surface area contributed by atoms with E-state index in [2.05, 4.69) is 12.2 Å². The summed E-state index contributed by atoms with van der Waals surface area (Å²) in [5.74, 6) is -1.07. The second-order valence-corrected chi connectivity index (χ2v) is 5.02. The predicted molar refractivity (Wildman–Crippen MR) is 68.8 cm³/mol. The van der Waals surface area contributed by atoms with Gasteiger partial charge in [-0.15, -0.1) is 0 Å². The fraction of sp³-hybridized carbons (Fsp3) is 0.846. The highest BCUT2D eigenvalue weighted by molar-refractivity contribution is 5.84. The Labute approximate surface area is 113 Å². The van der Waals surface area contributed by atoms with E-state index in [9.17, 15) is 9.59 Å². The minimum absolute atomic E-state index is 0.0547. The van der Waals surface area contributed by atoms with Gasteiger partial charge in [-0.2, -0.15) is 0 Å². The monoisotopic (exact) mass is 273 g/mol. The Hall–Kier alpha value is -1.14. The van der Waals surface area contributed by atoms with E-state index in [1.54, 1.807) is 0 Å². The van der Waals surface area contributed by atoms with Gasteiger partial charge >= 0.3 is 5.97 Å². The number of nitrogens with one attached hydrogen (secondary N) is 1. The van der Waals surface area contributed by atoms with Crippen molar-refractivity contribution < 1.29 is 24.2 Å². The van der Waals surface area contributed by atoms with E-state index in [4.69, 9.17) is 14.6 Å². The molecule has 1 aliphatic carbocycles. The first kappa shape index (κ1) is 15.9. The Morgan fingerprint density at radius 3 is 2.63 bits per heavy atom. The van der Waals surface area contributed by atoms with Gasteiger partial charge in [-0.25, -0.2) is 4.79 Å². The maximum absolute atomic E-state index is 11.6. The zero-order valence-corrected chi connectivity index (χ0v) is 11.6. The molecule has 19 heavy (non-hydrogen) atoms. The van der Waals surface area contributed by atoms with Crippen molar-refractivity contribution in [2.75, 3.05) is 20.3 Å². The van der Waals surface area contributed by atoms with Gasteiger partial charge in [0.1, 0.15) is 6.61 Å². The molecule has 1 saturated carbocycles. The Morgan fingerprint density at radius 2 is 2.05 bits per heavy atom. The molecule has 1 amide bonds. The number of carboxylic acid groups (broad SMARTS) is 1. The fourth-order valence-electron chi connectivity index (χ4n) is 2.29. The van der Waals surface area contributed by atoms with Crippen molar-refractivity contribution in [2.45, 2.75) is 44.8 Å². The minimum atomic E-state index is -1.11. The highest BCUT2D eigenvalue weighted by Crippen LogP contribution is 2.25. The van der Waals surface area contributed by atoms with Crippen LogP contribution >= 0.6 is 0 Å². The molecule has 3 atom stereocenters. The Balaban J connectivity index is 2.31. The number of ether oxygens (including phenoxy) is 2. The summed E-state index contributed by atoms with van der Waals surface area (Å²) in [5.41, 5.74) is 0. The van der Waals surface area contributed by atoms with E-state index < -0.39 is 17.9 Å². The number of rotatable bonds is 7. The molecule has 0 heterocycles. The third kappa shape index (κ3) is 5.57. The van der Waals surface area contributed by atoms with Crippen LogP contribution < -0.4 is 5.32 Å². The number of carbonyl (C=O) groups is 2. The number of hydrogen-bond donors (Lipinski definition) is 2. The van der Waals surface area contributed by atoms with Crippen LogP contribution in [0.2, 0.25) is 0 Å². The molecule has 0 aliphatic heterocycles. The van der Waals surface area contributed by atoms with Gasteiger partial charge in [0.25, 0.3) is 0 Å². The normalized spacial score (nSPS) is 24.7.